The number of ether oxygens (including phenoxy) is 2. The van der Waals surface area contributed by atoms with Gasteiger partial charge in [0.05, 0.1) is 15.9 Å². The maximum atomic E-state index is 9.57. The highest BCUT2D eigenvalue weighted by Crippen LogP contribution is 2.40. The molecule has 0 saturated heterocycles. The number of halogens is 3. The minimum absolute atomic E-state index is 0.00595. The molecule has 0 radical (unpaired) electrons. The standard InChI is InChI=1S/C21H26Cl3NO4/c1-21(2,13-3-5-17(6-4-13)28-12-16(27)10-25)14-7-18(23)20(19(24)8-14)29-11-15(26)9-22/h3-8,15-16,26-27H,9-12,25H2,1-2H3/t15-,16+/m0/s1. The van der Waals surface area contributed by atoms with Gasteiger partial charge in [0.2, 0.25) is 0 Å². The van der Waals surface area contributed by atoms with Crippen LogP contribution in [0.5, 0.6) is 11.5 Å². The molecule has 0 aliphatic heterocycles. The van der Waals surface area contributed by atoms with E-state index >= 15 is 0 Å². The van der Waals surface area contributed by atoms with E-state index in [9.17, 15) is 10.2 Å². The normalized spacial score (nSPS) is 13.8. The largest absolute Gasteiger partial charge is 0.491 e. The van der Waals surface area contributed by atoms with Crippen LogP contribution in [0.4, 0.5) is 0 Å². The number of rotatable bonds is 10. The van der Waals surface area contributed by atoms with Crippen molar-refractivity contribution >= 4 is 34.8 Å². The van der Waals surface area contributed by atoms with Crippen molar-refractivity contribution in [1.82, 2.24) is 0 Å². The van der Waals surface area contributed by atoms with E-state index in [0.717, 1.165) is 11.1 Å². The average Bonchev–Trinajstić information content (AvgIpc) is 2.71. The molecule has 5 nitrogen and oxygen atoms in total. The zero-order valence-corrected chi connectivity index (χ0v) is 18.6. The summed E-state index contributed by atoms with van der Waals surface area (Å²) in [5.74, 6) is 1.03. The summed E-state index contributed by atoms with van der Waals surface area (Å²) in [5.41, 5.74) is 6.92. The van der Waals surface area contributed by atoms with Gasteiger partial charge in [0.15, 0.2) is 5.75 Å². The summed E-state index contributed by atoms with van der Waals surface area (Å²) in [7, 11) is 0. The SMILES string of the molecule is CC(C)(c1ccc(OC[C@H](O)CN)cc1)c1cc(Cl)c(OC[C@@H](O)CCl)c(Cl)c1. The fourth-order valence-corrected chi connectivity index (χ4v) is 3.36. The predicted octanol–water partition coefficient (Wildman–Crippen LogP) is 4.00. The maximum Gasteiger partial charge on any atom is 0.156 e. The predicted molar refractivity (Wildman–Crippen MR) is 118 cm³/mol. The third kappa shape index (κ3) is 6.38. The van der Waals surface area contributed by atoms with Crippen LogP contribution in [0.1, 0.15) is 25.0 Å². The molecule has 4 N–H and O–H groups in total. The van der Waals surface area contributed by atoms with Crippen LogP contribution in [0.25, 0.3) is 0 Å². The summed E-state index contributed by atoms with van der Waals surface area (Å²) in [6.07, 6.45) is -1.49. The Hall–Kier alpha value is -1.21. The molecule has 0 amide bonds. The third-order valence-corrected chi connectivity index (χ3v) is 5.53. The van der Waals surface area contributed by atoms with Crippen molar-refractivity contribution in [1.29, 1.82) is 0 Å². The summed E-state index contributed by atoms with van der Waals surface area (Å²) in [6, 6.07) is 11.2. The van der Waals surface area contributed by atoms with E-state index < -0.39 is 17.6 Å². The minimum atomic E-state index is -0.799. The second kappa shape index (κ2) is 10.7. The van der Waals surface area contributed by atoms with Crippen molar-refractivity contribution in [3.63, 3.8) is 0 Å². The quantitative estimate of drug-likeness (QED) is 0.465. The van der Waals surface area contributed by atoms with Crippen LogP contribution in [0.3, 0.4) is 0 Å². The zero-order chi connectivity index (χ0) is 21.6. The first-order chi connectivity index (χ1) is 13.7. The summed E-state index contributed by atoms with van der Waals surface area (Å²) in [6.45, 7) is 4.41. The zero-order valence-electron chi connectivity index (χ0n) is 16.4. The Morgan fingerprint density at radius 3 is 2.00 bits per heavy atom. The van der Waals surface area contributed by atoms with E-state index in [-0.39, 0.29) is 25.6 Å². The monoisotopic (exact) mass is 461 g/mol. The smallest absolute Gasteiger partial charge is 0.156 e. The summed E-state index contributed by atoms with van der Waals surface area (Å²) < 4.78 is 11.0. The lowest BCUT2D eigenvalue weighted by Crippen LogP contribution is -2.26. The van der Waals surface area contributed by atoms with Gasteiger partial charge in [-0.25, -0.2) is 0 Å². The van der Waals surface area contributed by atoms with Crippen LogP contribution < -0.4 is 15.2 Å². The molecular weight excluding hydrogens is 437 g/mol. The van der Waals surface area contributed by atoms with E-state index in [1.165, 1.54) is 0 Å². The van der Waals surface area contributed by atoms with E-state index in [2.05, 4.69) is 13.8 Å². The Balaban J connectivity index is 2.19. The fourth-order valence-electron chi connectivity index (χ4n) is 2.68. The molecule has 29 heavy (non-hydrogen) atoms. The number of aliphatic hydroxyl groups is 2. The molecule has 160 valence electrons. The van der Waals surface area contributed by atoms with Crippen LogP contribution in [0.2, 0.25) is 10.0 Å². The highest BCUT2D eigenvalue weighted by molar-refractivity contribution is 6.37. The molecule has 0 aliphatic rings. The van der Waals surface area contributed by atoms with Crippen LogP contribution in [0, 0.1) is 0 Å². The second-order valence-corrected chi connectivity index (χ2v) is 8.36. The van der Waals surface area contributed by atoms with Gasteiger partial charge in [-0.3, -0.25) is 0 Å². The molecule has 0 aromatic heterocycles. The molecule has 0 heterocycles. The summed E-state index contributed by atoms with van der Waals surface area (Å²) in [5, 5.41) is 19.8. The Morgan fingerprint density at radius 2 is 1.48 bits per heavy atom. The molecule has 0 bridgehead atoms. The molecule has 0 aliphatic carbocycles. The number of aliphatic hydroxyl groups excluding tert-OH is 2. The highest BCUT2D eigenvalue weighted by atomic mass is 35.5. The molecular formula is C21H26Cl3NO4. The fraction of sp³-hybridized carbons (Fsp3) is 0.429. The topological polar surface area (TPSA) is 84.9 Å². The van der Waals surface area contributed by atoms with E-state index in [0.29, 0.717) is 21.5 Å². The van der Waals surface area contributed by atoms with E-state index in [1.54, 1.807) is 12.1 Å². The Kier molecular flexibility index (Phi) is 8.89. The molecule has 0 fully saturated rings. The van der Waals surface area contributed by atoms with Gasteiger partial charge in [0.1, 0.15) is 31.2 Å². The van der Waals surface area contributed by atoms with Crippen molar-refractivity contribution in [3.8, 4) is 11.5 Å². The van der Waals surface area contributed by atoms with Crippen molar-refractivity contribution in [2.24, 2.45) is 5.73 Å². The Labute approximate surface area is 186 Å². The maximum absolute atomic E-state index is 9.57. The van der Waals surface area contributed by atoms with Crippen molar-refractivity contribution in [2.45, 2.75) is 31.5 Å². The highest BCUT2D eigenvalue weighted by Gasteiger charge is 2.26. The van der Waals surface area contributed by atoms with Gasteiger partial charge >= 0.3 is 0 Å². The molecule has 2 atom stereocenters. The molecule has 0 unspecified atom stereocenters. The minimum Gasteiger partial charge on any atom is -0.491 e. The molecule has 2 rings (SSSR count). The second-order valence-electron chi connectivity index (χ2n) is 7.24. The lowest BCUT2D eigenvalue weighted by atomic mass is 9.78. The summed E-state index contributed by atoms with van der Waals surface area (Å²) >= 11 is 18.4. The summed E-state index contributed by atoms with van der Waals surface area (Å²) in [4.78, 5) is 0. The van der Waals surface area contributed by atoms with Crippen LogP contribution in [-0.4, -0.2) is 48.1 Å². The third-order valence-electron chi connectivity index (χ3n) is 4.61. The first-order valence-electron chi connectivity index (χ1n) is 9.16. The lowest BCUT2D eigenvalue weighted by Gasteiger charge is -2.27. The first kappa shape index (κ1) is 24.1. The lowest BCUT2D eigenvalue weighted by molar-refractivity contribution is 0.114. The van der Waals surface area contributed by atoms with Crippen molar-refractivity contribution in [3.05, 3.63) is 57.6 Å². The number of hydrogen-bond acceptors (Lipinski definition) is 5. The van der Waals surface area contributed by atoms with E-state index in [1.807, 2.05) is 24.3 Å². The number of alkyl halides is 1. The van der Waals surface area contributed by atoms with Crippen molar-refractivity contribution < 1.29 is 19.7 Å². The van der Waals surface area contributed by atoms with E-state index in [4.69, 9.17) is 50.0 Å². The molecule has 2 aromatic carbocycles. The van der Waals surface area contributed by atoms with Gasteiger partial charge < -0.3 is 25.4 Å². The van der Waals surface area contributed by atoms with Gasteiger partial charge in [-0.05, 0) is 35.4 Å². The molecule has 8 heteroatoms. The first-order valence-corrected chi connectivity index (χ1v) is 10.5. The van der Waals surface area contributed by atoms with Gasteiger partial charge in [0, 0.05) is 12.0 Å². The Morgan fingerprint density at radius 1 is 0.931 bits per heavy atom. The van der Waals surface area contributed by atoms with Crippen molar-refractivity contribution in [2.75, 3.05) is 25.6 Å². The van der Waals surface area contributed by atoms with Gasteiger partial charge in [0.25, 0.3) is 0 Å². The van der Waals surface area contributed by atoms with Crippen LogP contribution >= 0.6 is 34.8 Å². The number of benzene rings is 2. The van der Waals surface area contributed by atoms with Gasteiger partial charge in [-0.1, -0.05) is 49.2 Å². The molecule has 2 aromatic rings. The Bertz CT molecular complexity index is 776. The van der Waals surface area contributed by atoms with Crippen LogP contribution in [0.15, 0.2) is 36.4 Å². The number of hydrogen-bond donors (Lipinski definition) is 3. The van der Waals surface area contributed by atoms with Gasteiger partial charge in [-0.2, -0.15) is 0 Å². The molecule has 0 spiro atoms. The average molecular weight is 463 g/mol. The molecule has 0 saturated carbocycles. The van der Waals surface area contributed by atoms with Crippen LogP contribution in [-0.2, 0) is 5.41 Å². The van der Waals surface area contributed by atoms with Gasteiger partial charge in [-0.15, -0.1) is 11.6 Å². The number of nitrogens with two attached hydrogens (primary N) is 1.